The first-order valence-electron chi connectivity index (χ1n) is 5.77. The molecule has 3 aliphatic carbocycles. The lowest BCUT2D eigenvalue weighted by Crippen LogP contribution is -2.51. The Morgan fingerprint density at radius 3 is 2.50 bits per heavy atom. The van der Waals surface area contributed by atoms with E-state index in [9.17, 15) is 0 Å². The van der Waals surface area contributed by atoms with E-state index in [1.165, 1.54) is 19.3 Å². The summed E-state index contributed by atoms with van der Waals surface area (Å²) in [6.45, 7) is 9.59. The second-order valence-corrected chi connectivity index (χ2v) is 5.56. The highest BCUT2D eigenvalue weighted by molar-refractivity contribution is 5.24. The van der Waals surface area contributed by atoms with Gasteiger partial charge in [0.25, 0.3) is 0 Å². The zero-order valence-corrected chi connectivity index (χ0v) is 9.43. The smallest absolute Gasteiger partial charge is 0.0144 e. The van der Waals surface area contributed by atoms with E-state index in [-0.39, 0.29) is 7.43 Å². The van der Waals surface area contributed by atoms with Crippen LogP contribution in [-0.2, 0) is 0 Å². The molecule has 3 atom stereocenters. The Bertz CT molecular complexity index is 234. The fourth-order valence-electron chi connectivity index (χ4n) is 3.47. The molecule has 0 nitrogen and oxygen atoms in total. The van der Waals surface area contributed by atoms with Crippen molar-refractivity contribution >= 4 is 0 Å². The molecule has 0 heterocycles. The second-order valence-electron chi connectivity index (χ2n) is 5.56. The van der Waals surface area contributed by atoms with E-state index in [0.29, 0.717) is 5.41 Å². The monoisotopic (exact) mass is 194 g/mol. The number of allylic oxidation sites excluding steroid dienone is 2. The molecule has 0 saturated heterocycles. The molecule has 3 rings (SSSR count). The van der Waals surface area contributed by atoms with E-state index in [2.05, 4.69) is 33.8 Å². The van der Waals surface area contributed by atoms with Crippen LogP contribution in [0.2, 0.25) is 0 Å². The van der Waals surface area contributed by atoms with Gasteiger partial charge in [-0.2, -0.15) is 0 Å². The van der Waals surface area contributed by atoms with Gasteiger partial charge in [-0.05, 0) is 42.4 Å². The van der Waals surface area contributed by atoms with Crippen molar-refractivity contribution in [1.29, 1.82) is 0 Å². The van der Waals surface area contributed by atoms with Crippen LogP contribution in [0, 0.1) is 23.2 Å². The fraction of sp³-hybridized carbons (Fsp3) is 0.857. The van der Waals surface area contributed by atoms with E-state index >= 15 is 0 Å². The summed E-state index contributed by atoms with van der Waals surface area (Å²) >= 11 is 0. The Labute approximate surface area is 89.8 Å². The van der Waals surface area contributed by atoms with Gasteiger partial charge in [0.2, 0.25) is 0 Å². The molecule has 0 radical (unpaired) electrons. The highest BCUT2D eigenvalue weighted by Crippen LogP contribution is 2.62. The molecule has 0 aromatic heterocycles. The Morgan fingerprint density at radius 2 is 2.00 bits per heavy atom. The maximum atomic E-state index is 2.49. The molecule has 0 heteroatoms. The molecule has 14 heavy (non-hydrogen) atoms. The van der Waals surface area contributed by atoms with Gasteiger partial charge in [0.1, 0.15) is 0 Å². The molecular weight excluding hydrogens is 168 g/mol. The summed E-state index contributed by atoms with van der Waals surface area (Å²) in [5, 5.41) is 0. The summed E-state index contributed by atoms with van der Waals surface area (Å²) < 4.78 is 0. The van der Waals surface area contributed by atoms with Crippen LogP contribution in [-0.4, -0.2) is 0 Å². The largest absolute Gasteiger partial charge is 0.0850 e. The first kappa shape index (κ1) is 11.8. The van der Waals surface area contributed by atoms with E-state index < -0.39 is 0 Å². The molecule has 0 aromatic carbocycles. The molecule has 3 aliphatic rings. The van der Waals surface area contributed by atoms with E-state index in [1.807, 2.05) is 0 Å². The quantitative estimate of drug-likeness (QED) is 0.532. The van der Waals surface area contributed by atoms with Gasteiger partial charge in [0.15, 0.2) is 0 Å². The SMILES string of the molecule is C.CC/C=C1\C(C)CC2CC1C2(C)C. The third kappa shape index (κ3) is 1.43. The van der Waals surface area contributed by atoms with Crippen molar-refractivity contribution in [2.24, 2.45) is 23.2 Å². The number of fused-ring (bicyclic) bond motifs is 2. The zero-order chi connectivity index (χ0) is 9.64. The zero-order valence-electron chi connectivity index (χ0n) is 9.43. The first-order chi connectivity index (χ1) is 6.07. The predicted octanol–water partition coefficient (Wildman–Crippen LogP) is 4.66. The Hall–Kier alpha value is -0.260. The molecule has 3 unspecified atom stereocenters. The van der Waals surface area contributed by atoms with Gasteiger partial charge in [-0.15, -0.1) is 0 Å². The topological polar surface area (TPSA) is 0 Å². The van der Waals surface area contributed by atoms with Crippen molar-refractivity contribution in [2.75, 3.05) is 0 Å². The summed E-state index contributed by atoms with van der Waals surface area (Å²) in [5.41, 5.74) is 2.39. The van der Waals surface area contributed by atoms with E-state index in [0.717, 1.165) is 17.8 Å². The van der Waals surface area contributed by atoms with Crippen molar-refractivity contribution < 1.29 is 0 Å². The van der Waals surface area contributed by atoms with Crippen LogP contribution in [0.3, 0.4) is 0 Å². The van der Waals surface area contributed by atoms with Crippen LogP contribution < -0.4 is 0 Å². The lowest BCUT2D eigenvalue weighted by Gasteiger charge is -2.60. The highest BCUT2D eigenvalue weighted by atomic mass is 14.6. The molecule has 3 fully saturated rings. The first-order valence-corrected chi connectivity index (χ1v) is 5.77. The Morgan fingerprint density at radius 1 is 1.36 bits per heavy atom. The van der Waals surface area contributed by atoms with Crippen LogP contribution in [0.1, 0.15) is 54.4 Å². The summed E-state index contributed by atoms with van der Waals surface area (Å²) in [7, 11) is 0. The van der Waals surface area contributed by atoms with Crippen molar-refractivity contribution in [2.45, 2.75) is 54.4 Å². The van der Waals surface area contributed by atoms with E-state index in [4.69, 9.17) is 0 Å². The summed E-state index contributed by atoms with van der Waals surface area (Å²) in [4.78, 5) is 0. The molecule has 0 spiro atoms. The second kappa shape index (κ2) is 3.72. The minimum Gasteiger partial charge on any atom is -0.0850 e. The summed E-state index contributed by atoms with van der Waals surface area (Å²) in [6, 6.07) is 0. The highest BCUT2D eigenvalue weighted by Gasteiger charge is 2.53. The Balaban J connectivity index is 0.000000980. The average Bonchev–Trinajstić information content (AvgIpc) is 2.08. The Kier molecular flexibility index (Phi) is 3.13. The van der Waals surface area contributed by atoms with Crippen LogP contribution in [0.25, 0.3) is 0 Å². The number of hydrogen-bond acceptors (Lipinski definition) is 0. The van der Waals surface area contributed by atoms with Gasteiger partial charge in [-0.3, -0.25) is 0 Å². The number of hydrogen-bond donors (Lipinski definition) is 0. The lowest BCUT2D eigenvalue weighted by molar-refractivity contribution is -0.0445. The summed E-state index contributed by atoms with van der Waals surface area (Å²) in [6.07, 6.45) is 6.63. The van der Waals surface area contributed by atoms with Crippen molar-refractivity contribution in [3.05, 3.63) is 11.6 Å². The van der Waals surface area contributed by atoms with Crippen molar-refractivity contribution in [1.82, 2.24) is 0 Å². The molecule has 82 valence electrons. The van der Waals surface area contributed by atoms with Crippen molar-refractivity contribution in [3.63, 3.8) is 0 Å². The number of rotatable bonds is 1. The van der Waals surface area contributed by atoms with Gasteiger partial charge in [-0.25, -0.2) is 0 Å². The minimum atomic E-state index is 0. The predicted molar refractivity (Wildman–Crippen MR) is 64.3 cm³/mol. The molecular formula is C14H26. The average molecular weight is 194 g/mol. The lowest BCUT2D eigenvalue weighted by atomic mass is 9.45. The maximum Gasteiger partial charge on any atom is -0.0144 e. The fourth-order valence-corrected chi connectivity index (χ4v) is 3.47. The third-order valence-electron chi connectivity index (χ3n) is 4.52. The van der Waals surface area contributed by atoms with Crippen LogP contribution in [0.15, 0.2) is 11.6 Å². The van der Waals surface area contributed by atoms with Gasteiger partial charge in [0, 0.05) is 0 Å². The summed E-state index contributed by atoms with van der Waals surface area (Å²) in [5.74, 6) is 2.81. The van der Waals surface area contributed by atoms with Gasteiger partial charge in [-0.1, -0.05) is 46.8 Å². The molecule has 2 bridgehead atoms. The van der Waals surface area contributed by atoms with Gasteiger partial charge in [0.05, 0.1) is 0 Å². The normalized spacial score (nSPS) is 41.4. The van der Waals surface area contributed by atoms with Crippen LogP contribution in [0.5, 0.6) is 0 Å². The molecule has 0 aliphatic heterocycles. The standard InChI is InChI=1S/C13H22.CH4/c1-5-6-11-9(2)7-10-8-12(11)13(10,3)4;/h6,9-10,12H,5,7-8H2,1-4H3;1H4/b11-6+;. The molecule has 0 amide bonds. The minimum absolute atomic E-state index is 0. The van der Waals surface area contributed by atoms with Gasteiger partial charge < -0.3 is 0 Å². The van der Waals surface area contributed by atoms with Gasteiger partial charge >= 0.3 is 0 Å². The molecule has 3 saturated carbocycles. The van der Waals surface area contributed by atoms with Crippen molar-refractivity contribution in [3.8, 4) is 0 Å². The molecule has 0 N–H and O–H groups in total. The van der Waals surface area contributed by atoms with E-state index in [1.54, 1.807) is 5.57 Å². The maximum absolute atomic E-state index is 2.49. The third-order valence-corrected chi connectivity index (χ3v) is 4.52. The van der Waals surface area contributed by atoms with Crippen LogP contribution >= 0.6 is 0 Å². The van der Waals surface area contributed by atoms with Crippen LogP contribution in [0.4, 0.5) is 0 Å². The molecule has 0 aromatic rings.